The Hall–Kier alpha value is -2.27. The van der Waals surface area contributed by atoms with Crippen LogP contribution >= 0.6 is 11.8 Å². The zero-order valence-electron chi connectivity index (χ0n) is 12.9. The first-order valence-corrected chi connectivity index (χ1v) is 8.44. The number of aliphatic carboxylic acids is 1. The van der Waals surface area contributed by atoms with Crippen LogP contribution in [0.15, 0.2) is 54.6 Å². The lowest BCUT2D eigenvalue weighted by atomic mass is 10.2. The zero-order valence-corrected chi connectivity index (χ0v) is 13.7. The third-order valence-electron chi connectivity index (χ3n) is 3.31. The summed E-state index contributed by atoms with van der Waals surface area (Å²) in [6.07, 6.45) is 0. The average molecular weight is 329 g/mol. The predicted molar refractivity (Wildman–Crippen MR) is 92.7 cm³/mol. The molecule has 0 heterocycles. The van der Waals surface area contributed by atoms with Gasteiger partial charge in [0.25, 0.3) is 5.91 Å². The Morgan fingerprint density at radius 3 is 2.35 bits per heavy atom. The number of aryl methyl sites for hydroxylation is 1. The highest BCUT2D eigenvalue weighted by Gasteiger charge is 2.20. The minimum atomic E-state index is -1.02. The highest BCUT2D eigenvalue weighted by molar-refractivity contribution is 7.98. The van der Waals surface area contributed by atoms with Crippen molar-refractivity contribution in [2.75, 3.05) is 5.75 Å². The molecule has 0 aliphatic carbocycles. The van der Waals surface area contributed by atoms with Gasteiger partial charge < -0.3 is 10.4 Å². The maximum atomic E-state index is 12.0. The summed E-state index contributed by atoms with van der Waals surface area (Å²) in [5.74, 6) is -0.354. The van der Waals surface area contributed by atoms with Crippen LogP contribution in [0.2, 0.25) is 0 Å². The van der Waals surface area contributed by atoms with E-state index in [-0.39, 0.29) is 5.91 Å². The lowest BCUT2D eigenvalue weighted by Crippen LogP contribution is -2.42. The van der Waals surface area contributed by atoms with Gasteiger partial charge in [-0.15, -0.1) is 0 Å². The summed E-state index contributed by atoms with van der Waals surface area (Å²) in [4.78, 5) is 23.4. The number of nitrogens with one attached hydrogen (secondary N) is 1. The Balaban J connectivity index is 1.87. The van der Waals surface area contributed by atoms with E-state index in [1.807, 2.05) is 37.3 Å². The van der Waals surface area contributed by atoms with Gasteiger partial charge in [-0.3, -0.25) is 4.79 Å². The normalized spacial score (nSPS) is 11.7. The Kier molecular flexibility index (Phi) is 6.23. The van der Waals surface area contributed by atoms with Crippen molar-refractivity contribution in [2.45, 2.75) is 18.7 Å². The maximum Gasteiger partial charge on any atom is 0.327 e. The summed E-state index contributed by atoms with van der Waals surface area (Å²) in [5, 5.41) is 11.8. The fourth-order valence-corrected chi connectivity index (χ4v) is 2.99. The molecule has 2 rings (SSSR count). The molecular weight excluding hydrogens is 310 g/mol. The van der Waals surface area contributed by atoms with Gasteiger partial charge in [-0.1, -0.05) is 48.0 Å². The molecule has 120 valence electrons. The quantitative estimate of drug-likeness (QED) is 0.819. The van der Waals surface area contributed by atoms with Crippen molar-refractivity contribution in [3.63, 3.8) is 0 Å². The van der Waals surface area contributed by atoms with Crippen LogP contribution in [0, 0.1) is 6.92 Å². The van der Waals surface area contributed by atoms with Gasteiger partial charge in [0.15, 0.2) is 0 Å². The van der Waals surface area contributed by atoms with E-state index < -0.39 is 12.0 Å². The molecule has 0 aliphatic heterocycles. The summed E-state index contributed by atoms with van der Waals surface area (Å²) in [7, 11) is 0. The summed E-state index contributed by atoms with van der Waals surface area (Å²) in [5.41, 5.74) is 2.79. The Morgan fingerprint density at radius 1 is 1.09 bits per heavy atom. The third kappa shape index (κ3) is 5.45. The monoisotopic (exact) mass is 329 g/mol. The summed E-state index contributed by atoms with van der Waals surface area (Å²) in [6, 6.07) is 15.8. The number of thioether (sulfide) groups is 1. The number of carbonyl (C=O) groups excluding carboxylic acids is 1. The first-order valence-electron chi connectivity index (χ1n) is 7.28. The van der Waals surface area contributed by atoms with Gasteiger partial charge in [-0.05, 0) is 24.6 Å². The van der Waals surface area contributed by atoms with E-state index in [4.69, 9.17) is 0 Å². The number of hydrogen-bond donors (Lipinski definition) is 2. The number of hydrogen-bond acceptors (Lipinski definition) is 3. The van der Waals surface area contributed by atoms with Crippen molar-refractivity contribution >= 4 is 23.6 Å². The van der Waals surface area contributed by atoms with Gasteiger partial charge in [0.1, 0.15) is 6.04 Å². The smallest absolute Gasteiger partial charge is 0.327 e. The van der Waals surface area contributed by atoms with Crippen LogP contribution in [0.4, 0.5) is 0 Å². The predicted octanol–water partition coefficient (Wildman–Crippen LogP) is 3.11. The van der Waals surface area contributed by atoms with Crippen molar-refractivity contribution in [3.05, 3.63) is 71.3 Å². The molecule has 2 aromatic rings. The molecule has 0 spiro atoms. The van der Waals surface area contributed by atoms with Gasteiger partial charge in [0.2, 0.25) is 0 Å². The van der Waals surface area contributed by atoms with E-state index in [1.54, 1.807) is 24.3 Å². The Labute approximate surface area is 139 Å². The van der Waals surface area contributed by atoms with Crippen LogP contribution < -0.4 is 5.32 Å². The summed E-state index contributed by atoms with van der Waals surface area (Å²) in [6.45, 7) is 2.02. The molecule has 0 saturated carbocycles. The van der Waals surface area contributed by atoms with Gasteiger partial charge in [-0.25, -0.2) is 4.79 Å². The van der Waals surface area contributed by atoms with Crippen molar-refractivity contribution in [3.8, 4) is 0 Å². The molecule has 0 radical (unpaired) electrons. The number of carboxylic acid groups (broad SMARTS) is 1. The molecule has 23 heavy (non-hydrogen) atoms. The van der Waals surface area contributed by atoms with E-state index in [0.29, 0.717) is 17.1 Å². The number of carbonyl (C=O) groups is 2. The topological polar surface area (TPSA) is 66.4 Å². The van der Waals surface area contributed by atoms with E-state index in [0.717, 1.165) is 5.56 Å². The number of benzene rings is 2. The van der Waals surface area contributed by atoms with Gasteiger partial charge in [0, 0.05) is 17.1 Å². The highest BCUT2D eigenvalue weighted by Crippen LogP contribution is 2.14. The summed E-state index contributed by atoms with van der Waals surface area (Å²) < 4.78 is 0. The van der Waals surface area contributed by atoms with Crippen LogP contribution in [0.3, 0.4) is 0 Å². The molecule has 5 heteroatoms. The molecule has 1 unspecified atom stereocenters. The van der Waals surface area contributed by atoms with Gasteiger partial charge in [-0.2, -0.15) is 11.8 Å². The standard InChI is InChI=1S/C18H19NO3S/c1-13-7-9-14(10-8-13)11-23-12-16(18(21)22)19-17(20)15-5-3-2-4-6-15/h2-10,16H,11-12H2,1H3,(H,19,20)(H,21,22). The number of carboxylic acids is 1. The van der Waals surface area contributed by atoms with E-state index in [9.17, 15) is 14.7 Å². The van der Waals surface area contributed by atoms with Crippen molar-refractivity contribution in [1.82, 2.24) is 5.32 Å². The molecule has 0 aliphatic rings. The molecule has 1 atom stereocenters. The van der Waals surface area contributed by atoms with Crippen LogP contribution in [-0.4, -0.2) is 28.8 Å². The number of amides is 1. The lowest BCUT2D eigenvalue weighted by Gasteiger charge is -2.14. The molecular formula is C18H19NO3S. The van der Waals surface area contributed by atoms with Gasteiger partial charge >= 0.3 is 5.97 Å². The molecule has 2 aromatic carbocycles. The molecule has 0 saturated heterocycles. The highest BCUT2D eigenvalue weighted by atomic mass is 32.2. The van der Waals surface area contributed by atoms with Crippen LogP contribution in [0.1, 0.15) is 21.5 Å². The SMILES string of the molecule is Cc1ccc(CSCC(NC(=O)c2ccccc2)C(=O)O)cc1. The fraction of sp³-hybridized carbons (Fsp3) is 0.222. The van der Waals surface area contributed by atoms with Crippen LogP contribution in [0.25, 0.3) is 0 Å². The fourth-order valence-electron chi connectivity index (χ4n) is 1.98. The molecule has 2 N–H and O–H groups in total. The van der Waals surface area contributed by atoms with Crippen molar-refractivity contribution < 1.29 is 14.7 Å². The largest absolute Gasteiger partial charge is 0.480 e. The van der Waals surface area contributed by atoms with Gasteiger partial charge in [0.05, 0.1) is 0 Å². The Bertz CT molecular complexity index is 656. The van der Waals surface area contributed by atoms with Crippen LogP contribution in [-0.2, 0) is 10.5 Å². The Morgan fingerprint density at radius 2 is 1.74 bits per heavy atom. The first kappa shape index (κ1) is 17.1. The van der Waals surface area contributed by atoms with E-state index >= 15 is 0 Å². The molecule has 0 bridgehead atoms. The average Bonchev–Trinajstić information content (AvgIpc) is 2.56. The minimum absolute atomic E-state index is 0.321. The molecule has 4 nitrogen and oxygen atoms in total. The van der Waals surface area contributed by atoms with Crippen LogP contribution in [0.5, 0.6) is 0 Å². The van der Waals surface area contributed by atoms with E-state index in [1.165, 1.54) is 17.3 Å². The summed E-state index contributed by atoms with van der Waals surface area (Å²) >= 11 is 1.49. The second kappa shape index (κ2) is 8.39. The molecule has 0 fully saturated rings. The van der Waals surface area contributed by atoms with Crippen molar-refractivity contribution in [2.24, 2.45) is 0 Å². The minimum Gasteiger partial charge on any atom is -0.480 e. The molecule has 1 amide bonds. The molecule has 0 aromatic heterocycles. The van der Waals surface area contributed by atoms with E-state index in [2.05, 4.69) is 5.32 Å². The first-order chi connectivity index (χ1) is 11.1. The maximum absolute atomic E-state index is 12.0. The number of rotatable bonds is 7. The zero-order chi connectivity index (χ0) is 16.7. The lowest BCUT2D eigenvalue weighted by molar-refractivity contribution is -0.138. The second-order valence-corrected chi connectivity index (χ2v) is 6.26. The second-order valence-electron chi connectivity index (χ2n) is 5.23. The third-order valence-corrected chi connectivity index (χ3v) is 4.42. The van der Waals surface area contributed by atoms with Crippen molar-refractivity contribution in [1.29, 1.82) is 0 Å².